The van der Waals surface area contributed by atoms with Crippen molar-refractivity contribution < 1.29 is 17.9 Å². The van der Waals surface area contributed by atoms with Crippen molar-refractivity contribution in [2.45, 2.75) is 38.5 Å². The molecular weight excluding hydrogens is 261 g/mol. The summed E-state index contributed by atoms with van der Waals surface area (Å²) in [5.41, 5.74) is 1.09. The van der Waals surface area contributed by atoms with Crippen molar-refractivity contribution >= 4 is 13.5 Å². The number of benzene rings is 1. The van der Waals surface area contributed by atoms with E-state index in [1.807, 2.05) is 30.3 Å². The fourth-order valence-electron chi connectivity index (χ4n) is 1.47. The Morgan fingerprint density at radius 1 is 0.944 bits per heavy atom. The van der Waals surface area contributed by atoms with Crippen molar-refractivity contribution in [2.75, 3.05) is 6.61 Å². The monoisotopic (exact) mass is 280 g/mol. The maximum Gasteiger partial charge on any atom is 0.389 e. The second kappa shape index (κ2) is 9.28. The molecule has 0 radical (unpaired) electrons. The number of alkyl halides is 3. The van der Waals surface area contributed by atoms with Gasteiger partial charge in [-0.15, -0.1) is 0 Å². The van der Waals surface area contributed by atoms with Gasteiger partial charge in [-0.1, -0.05) is 36.8 Å². The van der Waals surface area contributed by atoms with Crippen molar-refractivity contribution in [3.63, 3.8) is 0 Å². The summed E-state index contributed by atoms with van der Waals surface area (Å²) >= 11 is 0. The first-order valence-corrected chi connectivity index (χ1v) is 5.76. The Balaban J connectivity index is 0.00000289. The molecule has 0 saturated carbocycles. The largest absolute Gasteiger partial charge is 0.389 e. The first-order valence-electron chi connectivity index (χ1n) is 5.76. The van der Waals surface area contributed by atoms with Crippen LogP contribution < -0.4 is 0 Å². The van der Waals surface area contributed by atoms with Gasteiger partial charge in [-0.2, -0.15) is 26.7 Å². The summed E-state index contributed by atoms with van der Waals surface area (Å²) in [6, 6.07) is 9.72. The third-order valence-corrected chi connectivity index (χ3v) is 2.36. The van der Waals surface area contributed by atoms with Gasteiger partial charge in [-0.3, -0.25) is 0 Å². The highest BCUT2D eigenvalue weighted by molar-refractivity contribution is 7.59. The van der Waals surface area contributed by atoms with E-state index in [0.717, 1.165) is 5.56 Å². The Bertz CT molecular complexity index is 301. The lowest BCUT2D eigenvalue weighted by Crippen LogP contribution is -2.06. The van der Waals surface area contributed by atoms with E-state index < -0.39 is 12.6 Å². The van der Waals surface area contributed by atoms with Crippen LogP contribution in [0.15, 0.2) is 30.3 Å². The van der Waals surface area contributed by atoms with Crippen molar-refractivity contribution in [1.82, 2.24) is 0 Å². The molecule has 0 amide bonds. The number of rotatable bonds is 7. The lowest BCUT2D eigenvalue weighted by atomic mass is 10.2. The fourth-order valence-corrected chi connectivity index (χ4v) is 1.47. The van der Waals surface area contributed by atoms with Crippen LogP contribution in [0.3, 0.4) is 0 Å². The van der Waals surface area contributed by atoms with Gasteiger partial charge in [-0.25, -0.2) is 0 Å². The van der Waals surface area contributed by atoms with Crippen LogP contribution in [0, 0.1) is 0 Å². The van der Waals surface area contributed by atoms with Crippen LogP contribution in [0.25, 0.3) is 0 Å². The van der Waals surface area contributed by atoms with Crippen molar-refractivity contribution in [1.29, 1.82) is 0 Å². The predicted octanol–water partition coefficient (Wildman–Crippen LogP) is 4.44. The van der Waals surface area contributed by atoms with Crippen LogP contribution in [-0.4, -0.2) is 12.8 Å². The van der Waals surface area contributed by atoms with Gasteiger partial charge in [0.1, 0.15) is 0 Å². The van der Waals surface area contributed by atoms with Gasteiger partial charge in [-0.05, 0) is 18.4 Å². The van der Waals surface area contributed by atoms with E-state index in [4.69, 9.17) is 4.74 Å². The fraction of sp³-hybridized carbons (Fsp3) is 0.538. The summed E-state index contributed by atoms with van der Waals surface area (Å²) in [6.07, 6.45) is -3.27. The molecule has 0 saturated heterocycles. The summed E-state index contributed by atoms with van der Waals surface area (Å²) in [7, 11) is 0. The Morgan fingerprint density at radius 2 is 1.61 bits per heavy atom. The van der Waals surface area contributed by atoms with E-state index in [1.165, 1.54) is 0 Å². The maximum atomic E-state index is 11.8. The molecule has 0 spiro atoms. The normalized spacial score (nSPS) is 11.1. The highest BCUT2D eigenvalue weighted by Gasteiger charge is 2.25. The molecule has 104 valence electrons. The molecule has 0 aromatic heterocycles. The van der Waals surface area contributed by atoms with Gasteiger partial charge in [0.25, 0.3) is 0 Å². The average Bonchev–Trinajstić information content (AvgIpc) is 2.28. The molecule has 18 heavy (non-hydrogen) atoms. The van der Waals surface area contributed by atoms with Crippen molar-refractivity contribution in [2.24, 2.45) is 0 Å². The summed E-state index contributed by atoms with van der Waals surface area (Å²) in [5.74, 6) is 0. The molecule has 0 unspecified atom stereocenters. The molecule has 0 heterocycles. The second-order valence-corrected chi connectivity index (χ2v) is 3.96. The minimum atomic E-state index is -4.02. The van der Waals surface area contributed by atoms with E-state index in [2.05, 4.69) is 0 Å². The number of ether oxygens (including phenoxy) is 1. The van der Waals surface area contributed by atoms with Gasteiger partial charge < -0.3 is 4.74 Å². The molecule has 1 aromatic carbocycles. The van der Waals surface area contributed by atoms with E-state index in [0.29, 0.717) is 26.1 Å². The number of unbranched alkanes of at least 4 members (excludes halogenated alkanes) is 2. The Labute approximate surface area is 113 Å². The first kappa shape index (κ1) is 17.3. The second-order valence-electron chi connectivity index (χ2n) is 3.96. The Hall–Kier alpha value is -0.680. The highest BCUT2D eigenvalue weighted by Crippen LogP contribution is 2.22. The van der Waals surface area contributed by atoms with Gasteiger partial charge in [0, 0.05) is 13.0 Å². The zero-order valence-corrected chi connectivity index (χ0v) is 11.2. The average molecular weight is 280 g/mol. The van der Waals surface area contributed by atoms with Gasteiger partial charge >= 0.3 is 6.18 Å². The molecule has 0 aliphatic carbocycles. The predicted molar refractivity (Wildman–Crippen MR) is 71.0 cm³/mol. The molecule has 1 nitrogen and oxygen atoms in total. The lowest BCUT2D eigenvalue weighted by molar-refractivity contribution is -0.135. The number of hydrogen-bond acceptors (Lipinski definition) is 1. The van der Waals surface area contributed by atoms with Crippen LogP contribution in [0.5, 0.6) is 0 Å². The molecule has 0 atom stereocenters. The van der Waals surface area contributed by atoms with E-state index >= 15 is 0 Å². The van der Waals surface area contributed by atoms with E-state index in [9.17, 15) is 13.2 Å². The molecule has 0 fully saturated rings. The molecular formula is C13H19F3OS. The summed E-state index contributed by atoms with van der Waals surface area (Å²) in [4.78, 5) is 0. The Kier molecular flexibility index (Phi) is 8.93. The SMILES string of the molecule is FC(F)(F)CCCCCOCc1ccccc1.S. The summed E-state index contributed by atoms with van der Waals surface area (Å²) in [6.45, 7) is 1.05. The van der Waals surface area contributed by atoms with Gasteiger partial charge in [0.2, 0.25) is 0 Å². The molecule has 0 aliphatic heterocycles. The Morgan fingerprint density at radius 3 is 2.22 bits per heavy atom. The van der Waals surface area contributed by atoms with Crippen LogP contribution >= 0.6 is 13.5 Å². The lowest BCUT2D eigenvalue weighted by Gasteiger charge is -2.06. The van der Waals surface area contributed by atoms with Crippen LogP contribution in [-0.2, 0) is 11.3 Å². The van der Waals surface area contributed by atoms with Crippen molar-refractivity contribution in [3.8, 4) is 0 Å². The molecule has 1 aromatic rings. The third-order valence-electron chi connectivity index (χ3n) is 2.36. The minimum absolute atomic E-state index is 0. The van der Waals surface area contributed by atoms with E-state index in [1.54, 1.807) is 0 Å². The molecule has 0 bridgehead atoms. The summed E-state index contributed by atoms with van der Waals surface area (Å²) < 4.78 is 40.8. The topological polar surface area (TPSA) is 9.23 Å². The smallest absolute Gasteiger partial charge is 0.377 e. The molecule has 0 N–H and O–H groups in total. The quantitative estimate of drug-likeness (QED) is 0.671. The zero-order valence-electron chi connectivity index (χ0n) is 10.2. The van der Waals surface area contributed by atoms with Crippen molar-refractivity contribution in [3.05, 3.63) is 35.9 Å². The molecule has 5 heteroatoms. The van der Waals surface area contributed by atoms with Gasteiger partial charge in [0.05, 0.1) is 6.61 Å². The minimum Gasteiger partial charge on any atom is -0.377 e. The standard InChI is InChI=1S/C13H17F3O.H2S/c14-13(15,16)9-5-2-6-10-17-11-12-7-3-1-4-8-12;/h1,3-4,7-8H,2,5-6,9-11H2;1H2. The highest BCUT2D eigenvalue weighted by atomic mass is 32.1. The molecule has 0 aliphatic rings. The first-order chi connectivity index (χ1) is 8.08. The summed E-state index contributed by atoms with van der Waals surface area (Å²) in [5, 5.41) is 0. The zero-order chi connectivity index (χ0) is 12.6. The number of halogens is 3. The number of hydrogen-bond donors (Lipinski definition) is 0. The third kappa shape index (κ3) is 9.36. The van der Waals surface area contributed by atoms with Crippen LogP contribution in [0.4, 0.5) is 13.2 Å². The van der Waals surface area contributed by atoms with Crippen LogP contribution in [0.1, 0.15) is 31.2 Å². The van der Waals surface area contributed by atoms with E-state index in [-0.39, 0.29) is 19.9 Å². The molecule has 1 rings (SSSR count). The van der Waals surface area contributed by atoms with Crippen LogP contribution in [0.2, 0.25) is 0 Å². The van der Waals surface area contributed by atoms with Gasteiger partial charge in [0.15, 0.2) is 0 Å². The maximum absolute atomic E-state index is 11.8.